The van der Waals surface area contributed by atoms with Crippen LogP contribution in [0.25, 0.3) is 0 Å². The first kappa shape index (κ1) is 25.0. The highest BCUT2D eigenvalue weighted by Gasteiger charge is 2.12. The van der Waals surface area contributed by atoms with Crippen LogP contribution in [0.4, 0.5) is 0 Å². The molecule has 160 valence electrons. The maximum atomic E-state index is 5.74. The summed E-state index contributed by atoms with van der Waals surface area (Å²) in [7, 11) is 0. The molecule has 29 heavy (non-hydrogen) atoms. The molecular formula is C22H33IN4O2. The van der Waals surface area contributed by atoms with E-state index >= 15 is 0 Å². The van der Waals surface area contributed by atoms with Gasteiger partial charge in [0.05, 0.1) is 31.5 Å². The number of aryl methyl sites for hydroxylation is 1. The van der Waals surface area contributed by atoms with Crippen LogP contribution < -0.4 is 20.1 Å². The second kappa shape index (κ2) is 13.2. The van der Waals surface area contributed by atoms with Crippen molar-refractivity contribution in [2.75, 3.05) is 19.8 Å². The summed E-state index contributed by atoms with van der Waals surface area (Å²) in [5.41, 5.74) is 3.05. The lowest BCUT2D eigenvalue weighted by Gasteiger charge is -2.20. The minimum Gasteiger partial charge on any atom is -0.490 e. The fourth-order valence-electron chi connectivity index (χ4n) is 2.79. The van der Waals surface area contributed by atoms with Crippen LogP contribution in [0.1, 0.15) is 50.7 Å². The van der Waals surface area contributed by atoms with E-state index in [0.717, 1.165) is 41.0 Å². The number of hydrogen-bond acceptors (Lipinski definition) is 4. The molecule has 0 saturated carbocycles. The summed E-state index contributed by atoms with van der Waals surface area (Å²) in [4.78, 5) is 9.18. The first-order chi connectivity index (χ1) is 13.6. The number of nitrogens with zero attached hydrogens (tertiary/aromatic N) is 2. The van der Waals surface area contributed by atoms with Crippen molar-refractivity contribution in [2.45, 2.75) is 47.2 Å². The van der Waals surface area contributed by atoms with Gasteiger partial charge in [-0.05, 0) is 64.4 Å². The Morgan fingerprint density at radius 1 is 1.07 bits per heavy atom. The van der Waals surface area contributed by atoms with Crippen LogP contribution in [0.15, 0.2) is 41.4 Å². The number of benzene rings is 1. The first-order valence-electron chi connectivity index (χ1n) is 9.94. The molecule has 0 radical (unpaired) electrons. The van der Waals surface area contributed by atoms with Gasteiger partial charge in [0.2, 0.25) is 0 Å². The highest BCUT2D eigenvalue weighted by Crippen LogP contribution is 2.30. The summed E-state index contributed by atoms with van der Waals surface area (Å²) < 4.78 is 11.4. The Labute approximate surface area is 191 Å². The lowest BCUT2D eigenvalue weighted by molar-refractivity contribution is 0.287. The largest absolute Gasteiger partial charge is 0.490 e. The normalized spacial score (nSPS) is 12.0. The standard InChI is InChI=1S/C22H32N4O2.HI/c1-6-23-22(24-15-19-11-9-10-16(4)25-19)26-17(5)18-12-13-20(27-7-2)21(14-18)28-8-3;/h9-14,17H,6-8,15H2,1-5H3,(H2,23,24,26);1H. The number of halogens is 1. The predicted octanol–water partition coefficient (Wildman–Crippen LogP) is 4.62. The fourth-order valence-corrected chi connectivity index (χ4v) is 2.79. The van der Waals surface area contributed by atoms with Crippen LogP contribution in [0, 0.1) is 6.92 Å². The van der Waals surface area contributed by atoms with Gasteiger partial charge in [0.1, 0.15) is 0 Å². The molecule has 0 amide bonds. The highest BCUT2D eigenvalue weighted by atomic mass is 127. The molecule has 1 atom stereocenters. The van der Waals surface area contributed by atoms with E-state index in [0.29, 0.717) is 19.8 Å². The van der Waals surface area contributed by atoms with Gasteiger partial charge in [0.25, 0.3) is 0 Å². The molecule has 0 fully saturated rings. The van der Waals surface area contributed by atoms with Gasteiger partial charge in [-0.1, -0.05) is 12.1 Å². The molecule has 0 saturated heterocycles. The molecule has 1 aromatic carbocycles. The van der Waals surface area contributed by atoms with Crippen LogP contribution in [-0.2, 0) is 6.54 Å². The van der Waals surface area contributed by atoms with Gasteiger partial charge in [-0.2, -0.15) is 0 Å². The molecule has 2 aromatic rings. The molecule has 0 bridgehead atoms. The molecule has 1 aromatic heterocycles. The van der Waals surface area contributed by atoms with Crippen molar-refractivity contribution in [1.29, 1.82) is 0 Å². The van der Waals surface area contributed by atoms with Crippen molar-refractivity contribution in [2.24, 2.45) is 4.99 Å². The molecule has 2 N–H and O–H groups in total. The molecule has 0 aliphatic heterocycles. The van der Waals surface area contributed by atoms with Crippen molar-refractivity contribution in [3.8, 4) is 11.5 Å². The van der Waals surface area contributed by atoms with E-state index < -0.39 is 0 Å². The summed E-state index contributed by atoms with van der Waals surface area (Å²) in [6.45, 7) is 12.6. The van der Waals surface area contributed by atoms with E-state index in [1.807, 2.05) is 51.1 Å². The Morgan fingerprint density at radius 2 is 1.79 bits per heavy atom. The second-order valence-corrected chi connectivity index (χ2v) is 6.40. The summed E-state index contributed by atoms with van der Waals surface area (Å²) in [5, 5.41) is 6.75. The summed E-state index contributed by atoms with van der Waals surface area (Å²) in [5.74, 6) is 2.29. The summed E-state index contributed by atoms with van der Waals surface area (Å²) >= 11 is 0. The molecule has 2 rings (SSSR count). The lowest BCUT2D eigenvalue weighted by Crippen LogP contribution is -2.38. The highest BCUT2D eigenvalue weighted by molar-refractivity contribution is 14.0. The number of rotatable bonds is 9. The Hall–Kier alpha value is -2.03. The maximum absolute atomic E-state index is 5.74. The average molecular weight is 512 g/mol. The van der Waals surface area contributed by atoms with Crippen molar-refractivity contribution in [3.63, 3.8) is 0 Å². The third-order valence-electron chi connectivity index (χ3n) is 4.11. The van der Waals surface area contributed by atoms with Crippen LogP contribution >= 0.6 is 24.0 Å². The second-order valence-electron chi connectivity index (χ2n) is 6.40. The smallest absolute Gasteiger partial charge is 0.192 e. The lowest BCUT2D eigenvalue weighted by atomic mass is 10.1. The number of pyridine rings is 1. The Kier molecular flexibility index (Phi) is 11.4. The molecule has 0 spiro atoms. The fraction of sp³-hybridized carbons (Fsp3) is 0.455. The first-order valence-corrected chi connectivity index (χ1v) is 9.94. The van der Waals surface area contributed by atoms with Gasteiger partial charge < -0.3 is 20.1 Å². The average Bonchev–Trinajstić information content (AvgIpc) is 2.68. The van der Waals surface area contributed by atoms with Crippen LogP contribution in [0.5, 0.6) is 11.5 Å². The monoisotopic (exact) mass is 512 g/mol. The topological polar surface area (TPSA) is 67.8 Å². The summed E-state index contributed by atoms with van der Waals surface area (Å²) in [6, 6.07) is 12.1. The third-order valence-corrected chi connectivity index (χ3v) is 4.11. The molecule has 0 aliphatic carbocycles. The van der Waals surface area contributed by atoms with Gasteiger partial charge in [0, 0.05) is 12.2 Å². The Bertz CT molecular complexity index is 783. The Morgan fingerprint density at radius 3 is 2.45 bits per heavy atom. The molecule has 7 heteroatoms. The Balaban J connectivity index is 0.00000420. The van der Waals surface area contributed by atoms with E-state index in [2.05, 4.69) is 40.5 Å². The van der Waals surface area contributed by atoms with Crippen LogP contribution in [0.3, 0.4) is 0 Å². The van der Waals surface area contributed by atoms with Crippen LogP contribution in [0.2, 0.25) is 0 Å². The number of guanidine groups is 1. The van der Waals surface area contributed by atoms with E-state index in [1.54, 1.807) is 0 Å². The molecule has 0 aliphatic rings. The van der Waals surface area contributed by atoms with Crippen molar-refractivity contribution in [3.05, 3.63) is 53.3 Å². The molecule has 6 nitrogen and oxygen atoms in total. The number of nitrogens with one attached hydrogen (secondary N) is 2. The van der Waals surface area contributed by atoms with Crippen molar-refractivity contribution >= 4 is 29.9 Å². The summed E-state index contributed by atoms with van der Waals surface area (Å²) in [6.07, 6.45) is 0. The maximum Gasteiger partial charge on any atom is 0.192 e. The molecular weight excluding hydrogens is 479 g/mol. The molecule has 1 unspecified atom stereocenters. The molecule has 1 heterocycles. The minimum atomic E-state index is 0. The SMILES string of the molecule is CCNC(=NCc1cccc(C)n1)NC(C)c1ccc(OCC)c(OCC)c1.I. The zero-order valence-electron chi connectivity index (χ0n) is 18.0. The third kappa shape index (κ3) is 8.08. The quantitative estimate of drug-likeness (QED) is 0.292. The van der Waals surface area contributed by atoms with Gasteiger partial charge in [-0.25, -0.2) is 4.99 Å². The number of aromatic nitrogens is 1. The number of aliphatic imine (C=N–C) groups is 1. The van der Waals surface area contributed by atoms with E-state index in [4.69, 9.17) is 9.47 Å². The van der Waals surface area contributed by atoms with Crippen LogP contribution in [-0.4, -0.2) is 30.7 Å². The van der Waals surface area contributed by atoms with Gasteiger partial charge in [-0.3, -0.25) is 4.98 Å². The zero-order chi connectivity index (χ0) is 20.4. The van der Waals surface area contributed by atoms with Gasteiger partial charge in [0.15, 0.2) is 17.5 Å². The van der Waals surface area contributed by atoms with Gasteiger partial charge >= 0.3 is 0 Å². The number of hydrogen-bond donors (Lipinski definition) is 2. The zero-order valence-corrected chi connectivity index (χ0v) is 20.3. The van der Waals surface area contributed by atoms with Crippen molar-refractivity contribution < 1.29 is 9.47 Å². The van der Waals surface area contributed by atoms with E-state index in [-0.39, 0.29) is 30.0 Å². The van der Waals surface area contributed by atoms with E-state index in [1.165, 1.54) is 0 Å². The number of ether oxygens (including phenoxy) is 2. The van der Waals surface area contributed by atoms with E-state index in [9.17, 15) is 0 Å². The predicted molar refractivity (Wildman–Crippen MR) is 130 cm³/mol. The van der Waals surface area contributed by atoms with Gasteiger partial charge in [-0.15, -0.1) is 24.0 Å². The van der Waals surface area contributed by atoms with Crippen molar-refractivity contribution in [1.82, 2.24) is 15.6 Å². The minimum absolute atomic E-state index is 0.